The minimum Gasteiger partial charge on any atom is -0.383 e. The lowest BCUT2D eigenvalue weighted by Crippen LogP contribution is -2.33. The summed E-state index contributed by atoms with van der Waals surface area (Å²) >= 11 is 0. The largest absolute Gasteiger partial charge is 0.383 e. The van der Waals surface area contributed by atoms with Crippen molar-refractivity contribution in [3.05, 3.63) is 0 Å². The highest BCUT2D eigenvalue weighted by Gasteiger charge is 2.22. The molecule has 72 valence electrons. The summed E-state index contributed by atoms with van der Waals surface area (Å²) in [5, 5.41) is 0. The van der Waals surface area contributed by atoms with Crippen molar-refractivity contribution in [3.8, 4) is 0 Å². The molecule has 1 unspecified atom stereocenters. The number of rotatable bonds is 5. The molecule has 2 nitrogen and oxygen atoms in total. The van der Waals surface area contributed by atoms with Crippen LogP contribution in [0.5, 0.6) is 0 Å². The summed E-state index contributed by atoms with van der Waals surface area (Å²) in [6.45, 7) is 5.73. The maximum absolute atomic E-state index is 5.19. The van der Waals surface area contributed by atoms with Crippen molar-refractivity contribution in [2.45, 2.75) is 38.6 Å². The number of methoxy groups -OCH3 is 1. The molecule has 1 fully saturated rings. The molecule has 0 radical (unpaired) electrons. The molecule has 0 spiro atoms. The minimum atomic E-state index is 0.710. The van der Waals surface area contributed by atoms with Crippen LogP contribution in [-0.4, -0.2) is 37.7 Å². The van der Waals surface area contributed by atoms with Gasteiger partial charge in [0.15, 0.2) is 0 Å². The number of unbranched alkanes of at least 4 members (excludes halogenated alkanes) is 1. The van der Waals surface area contributed by atoms with Gasteiger partial charge in [-0.15, -0.1) is 0 Å². The maximum atomic E-state index is 5.19. The number of likely N-dealkylation sites (tertiary alicyclic amines) is 1. The molecule has 1 aliphatic heterocycles. The molecule has 0 aromatic heterocycles. The highest BCUT2D eigenvalue weighted by Crippen LogP contribution is 2.17. The molecule has 1 atom stereocenters. The molecular weight excluding hydrogens is 150 g/mol. The Balaban J connectivity index is 2.20. The Kier molecular flexibility index (Phi) is 4.62. The third kappa shape index (κ3) is 2.76. The molecule has 2 heteroatoms. The lowest BCUT2D eigenvalue weighted by atomic mass is 10.2. The van der Waals surface area contributed by atoms with Gasteiger partial charge < -0.3 is 4.74 Å². The fourth-order valence-electron chi connectivity index (χ4n) is 1.93. The van der Waals surface area contributed by atoms with Gasteiger partial charge in [0.25, 0.3) is 0 Å². The average molecular weight is 171 g/mol. The summed E-state index contributed by atoms with van der Waals surface area (Å²) < 4.78 is 5.19. The highest BCUT2D eigenvalue weighted by atomic mass is 16.5. The zero-order valence-corrected chi connectivity index (χ0v) is 8.38. The van der Waals surface area contributed by atoms with Crippen molar-refractivity contribution in [2.24, 2.45) is 0 Å². The smallest absolute Gasteiger partial charge is 0.0618 e. The van der Waals surface area contributed by atoms with Crippen LogP contribution in [-0.2, 0) is 4.74 Å². The van der Waals surface area contributed by atoms with Gasteiger partial charge in [0.05, 0.1) is 6.61 Å². The molecule has 1 aliphatic rings. The summed E-state index contributed by atoms with van der Waals surface area (Å²) in [7, 11) is 1.80. The first-order valence-electron chi connectivity index (χ1n) is 5.11. The second-order valence-corrected chi connectivity index (χ2v) is 3.64. The predicted octanol–water partition coefficient (Wildman–Crippen LogP) is 1.90. The number of nitrogens with zero attached hydrogens (tertiary/aromatic N) is 1. The van der Waals surface area contributed by atoms with E-state index in [0.29, 0.717) is 6.04 Å². The SMILES string of the molecule is CCCCN1CCCC1COC. The zero-order chi connectivity index (χ0) is 8.81. The van der Waals surface area contributed by atoms with E-state index in [-0.39, 0.29) is 0 Å². The van der Waals surface area contributed by atoms with Crippen LogP contribution in [0.15, 0.2) is 0 Å². The zero-order valence-electron chi connectivity index (χ0n) is 8.38. The first kappa shape index (κ1) is 10.0. The van der Waals surface area contributed by atoms with Crippen molar-refractivity contribution in [3.63, 3.8) is 0 Å². The third-order valence-corrected chi connectivity index (χ3v) is 2.66. The van der Waals surface area contributed by atoms with Crippen LogP contribution in [0.25, 0.3) is 0 Å². The Morgan fingerprint density at radius 1 is 1.50 bits per heavy atom. The Morgan fingerprint density at radius 2 is 2.33 bits per heavy atom. The second kappa shape index (κ2) is 5.55. The molecule has 1 rings (SSSR count). The lowest BCUT2D eigenvalue weighted by molar-refractivity contribution is 0.115. The van der Waals surface area contributed by atoms with Crippen LogP contribution in [0.4, 0.5) is 0 Å². The van der Waals surface area contributed by atoms with Crippen molar-refractivity contribution in [2.75, 3.05) is 26.8 Å². The van der Waals surface area contributed by atoms with Gasteiger partial charge >= 0.3 is 0 Å². The molecular formula is C10H21NO. The normalized spacial score (nSPS) is 25.0. The van der Waals surface area contributed by atoms with Gasteiger partial charge in [-0.05, 0) is 32.4 Å². The average Bonchev–Trinajstić information content (AvgIpc) is 2.50. The third-order valence-electron chi connectivity index (χ3n) is 2.66. The summed E-state index contributed by atoms with van der Waals surface area (Å²) in [4.78, 5) is 2.58. The Labute approximate surface area is 75.9 Å². The number of hydrogen-bond donors (Lipinski definition) is 0. The van der Waals surface area contributed by atoms with E-state index in [9.17, 15) is 0 Å². The van der Waals surface area contributed by atoms with Crippen molar-refractivity contribution in [1.29, 1.82) is 0 Å². The van der Waals surface area contributed by atoms with E-state index in [0.717, 1.165) is 6.61 Å². The van der Waals surface area contributed by atoms with Crippen LogP contribution in [0.3, 0.4) is 0 Å². The molecule has 0 aromatic rings. The second-order valence-electron chi connectivity index (χ2n) is 3.64. The number of ether oxygens (including phenoxy) is 1. The Hall–Kier alpha value is -0.0800. The standard InChI is InChI=1S/C10H21NO/c1-3-4-7-11-8-5-6-10(11)9-12-2/h10H,3-9H2,1-2H3. The summed E-state index contributed by atoms with van der Waals surface area (Å²) in [6, 6.07) is 0.710. The summed E-state index contributed by atoms with van der Waals surface area (Å²) in [5.74, 6) is 0. The van der Waals surface area contributed by atoms with Gasteiger partial charge in [0.1, 0.15) is 0 Å². The molecule has 0 saturated carbocycles. The molecule has 0 N–H and O–H groups in total. The first-order valence-corrected chi connectivity index (χ1v) is 5.11. The maximum Gasteiger partial charge on any atom is 0.0618 e. The fourth-order valence-corrected chi connectivity index (χ4v) is 1.93. The van der Waals surface area contributed by atoms with Crippen molar-refractivity contribution < 1.29 is 4.74 Å². The van der Waals surface area contributed by atoms with Gasteiger partial charge in [0.2, 0.25) is 0 Å². The lowest BCUT2D eigenvalue weighted by Gasteiger charge is -2.23. The molecule has 0 aliphatic carbocycles. The van der Waals surface area contributed by atoms with Gasteiger partial charge in [0, 0.05) is 13.2 Å². The Morgan fingerprint density at radius 3 is 3.00 bits per heavy atom. The van der Waals surface area contributed by atoms with E-state index in [2.05, 4.69) is 11.8 Å². The summed E-state index contributed by atoms with van der Waals surface area (Å²) in [5.41, 5.74) is 0. The van der Waals surface area contributed by atoms with Crippen LogP contribution in [0.2, 0.25) is 0 Å². The first-order chi connectivity index (χ1) is 5.88. The molecule has 0 aromatic carbocycles. The van der Waals surface area contributed by atoms with Crippen LogP contribution in [0.1, 0.15) is 32.6 Å². The van der Waals surface area contributed by atoms with Crippen molar-refractivity contribution >= 4 is 0 Å². The Bertz CT molecular complexity index is 116. The van der Waals surface area contributed by atoms with Gasteiger partial charge in [-0.2, -0.15) is 0 Å². The van der Waals surface area contributed by atoms with Gasteiger partial charge in [-0.3, -0.25) is 4.90 Å². The van der Waals surface area contributed by atoms with E-state index in [4.69, 9.17) is 4.74 Å². The van der Waals surface area contributed by atoms with Crippen LogP contribution >= 0.6 is 0 Å². The van der Waals surface area contributed by atoms with Crippen LogP contribution < -0.4 is 0 Å². The molecule has 1 saturated heterocycles. The van der Waals surface area contributed by atoms with E-state index in [1.807, 2.05) is 0 Å². The van der Waals surface area contributed by atoms with E-state index in [1.54, 1.807) is 7.11 Å². The molecule has 12 heavy (non-hydrogen) atoms. The van der Waals surface area contributed by atoms with Gasteiger partial charge in [-0.1, -0.05) is 13.3 Å². The highest BCUT2D eigenvalue weighted by molar-refractivity contribution is 4.78. The monoisotopic (exact) mass is 171 g/mol. The molecule has 1 heterocycles. The summed E-state index contributed by atoms with van der Waals surface area (Å²) in [6.07, 6.45) is 5.33. The van der Waals surface area contributed by atoms with E-state index in [1.165, 1.54) is 38.8 Å². The fraction of sp³-hybridized carbons (Fsp3) is 1.00. The molecule has 0 amide bonds. The van der Waals surface area contributed by atoms with E-state index < -0.39 is 0 Å². The minimum absolute atomic E-state index is 0.710. The van der Waals surface area contributed by atoms with E-state index >= 15 is 0 Å². The topological polar surface area (TPSA) is 12.5 Å². The predicted molar refractivity (Wildman–Crippen MR) is 51.4 cm³/mol. The number of hydrogen-bond acceptors (Lipinski definition) is 2. The van der Waals surface area contributed by atoms with Crippen LogP contribution in [0, 0.1) is 0 Å². The quantitative estimate of drug-likeness (QED) is 0.626. The van der Waals surface area contributed by atoms with Crippen molar-refractivity contribution in [1.82, 2.24) is 4.90 Å². The van der Waals surface area contributed by atoms with Gasteiger partial charge in [-0.25, -0.2) is 0 Å². The molecule has 0 bridgehead atoms.